The molecule has 1 aromatic heterocycles. The van der Waals surface area contributed by atoms with Gasteiger partial charge in [-0.15, -0.1) is 0 Å². The fourth-order valence-electron chi connectivity index (χ4n) is 1.79. The third-order valence-corrected chi connectivity index (χ3v) is 3.76. The van der Waals surface area contributed by atoms with Crippen LogP contribution in [0, 0.1) is 0 Å². The molecule has 1 heterocycles. The van der Waals surface area contributed by atoms with Gasteiger partial charge in [-0.05, 0) is 37.6 Å². The Kier molecular flexibility index (Phi) is 4.51. The smallest absolute Gasteiger partial charge is 0.329 e. The number of carbonyl (C=O) groups excluding carboxylic acids is 1. The highest BCUT2D eigenvalue weighted by Gasteiger charge is 2.33. The summed E-state index contributed by atoms with van der Waals surface area (Å²) in [6, 6.07) is 6.97. The predicted octanol–water partition coefficient (Wildman–Crippen LogP) is 2.51. The highest BCUT2D eigenvalue weighted by molar-refractivity contribution is 6.30. The maximum absolute atomic E-state index is 12.2. The summed E-state index contributed by atoms with van der Waals surface area (Å²) in [6.45, 7) is 3.17. The van der Waals surface area contributed by atoms with E-state index in [9.17, 15) is 14.7 Å². The van der Waals surface area contributed by atoms with Gasteiger partial charge in [0.2, 0.25) is 0 Å². The molecule has 0 spiro atoms. The molecule has 2 N–H and O–H groups in total. The molecule has 0 radical (unpaired) electrons. The van der Waals surface area contributed by atoms with Gasteiger partial charge in [0.15, 0.2) is 0 Å². The number of nitrogens with one attached hydrogen (secondary N) is 1. The van der Waals surface area contributed by atoms with E-state index >= 15 is 0 Å². The van der Waals surface area contributed by atoms with E-state index in [2.05, 4.69) is 10.4 Å². The lowest BCUT2D eigenvalue weighted by Gasteiger charge is -2.24. The Morgan fingerprint density at radius 2 is 2.00 bits per heavy atom. The average Bonchev–Trinajstić information content (AvgIpc) is 2.97. The fraction of sp³-hybridized carbons (Fsp3) is 0.267. The topological polar surface area (TPSA) is 84.2 Å². The van der Waals surface area contributed by atoms with Crippen LogP contribution in [0.25, 0.3) is 5.69 Å². The van der Waals surface area contributed by atoms with Crippen LogP contribution in [0.4, 0.5) is 0 Å². The van der Waals surface area contributed by atoms with Crippen LogP contribution in [0.5, 0.6) is 0 Å². The van der Waals surface area contributed by atoms with Crippen LogP contribution in [0.2, 0.25) is 5.02 Å². The lowest BCUT2D eigenvalue weighted by atomic mass is 9.99. The number of halogens is 1. The number of aromatic nitrogens is 2. The molecule has 0 aliphatic heterocycles. The predicted molar refractivity (Wildman–Crippen MR) is 82.4 cm³/mol. The number of hydrogen-bond donors (Lipinski definition) is 2. The van der Waals surface area contributed by atoms with E-state index in [1.807, 2.05) is 0 Å². The molecule has 116 valence electrons. The monoisotopic (exact) mass is 321 g/mol. The summed E-state index contributed by atoms with van der Waals surface area (Å²) in [6.07, 6.45) is 3.21. The quantitative estimate of drug-likeness (QED) is 0.886. The molecular formula is C15H16ClN3O3. The third kappa shape index (κ3) is 3.28. The fourth-order valence-corrected chi connectivity index (χ4v) is 1.92. The number of carboxylic acids is 1. The first-order chi connectivity index (χ1) is 10.4. The van der Waals surface area contributed by atoms with Crippen molar-refractivity contribution < 1.29 is 14.7 Å². The number of rotatable bonds is 5. The summed E-state index contributed by atoms with van der Waals surface area (Å²) in [5.41, 5.74) is -0.268. The molecule has 7 heteroatoms. The van der Waals surface area contributed by atoms with E-state index in [4.69, 9.17) is 11.6 Å². The Morgan fingerprint density at radius 1 is 1.36 bits per heavy atom. The van der Waals surface area contributed by atoms with Gasteiger partial charge in [0.05, 0.1) is 17.4 Å². The molecule has 0 aliphatic rings. The SMILES string of the molecule is CCC(C)(NC(=O)c1cnn(-c2ccc(Cl)cc2)c1)C(=O)O. The van der Waals surface area contributed by atoms with Gasteiger partial charge in [-0.25, -0.2) is 9.48 Å². The van der Waals surface area contributed by atoms with E-state index in [1.165, 1.54) is 24.0 Å². The molecule has 1 unspecified atom stereocenters. The lowest BCUT2D eigenvalue weighted by molar-refractivity contribution is -0.143. The zero-order valence-electron chi connectivity index (χ0n) is 12.2. The summed E-state index contributed by atoms with van der Waals surface area (Å²) < 4.78 is 1.52. The molecule has 2 aromatic rings. The van der Waals surface area contributed by atoms with Gasteiger partial charge < -0.3 is 10.4 Å². The Hall–Kier alpha value is -2.34. The van der Waals surface area contributed by atoms with Gasteiger partial charge in [0.1, 0.15) is 5.54 Å². The largest absolute Gasteiger partial charge is 0.480 e. The van der Waals surface area contributed by atoms with Gasteiger partial charge in [-0.1, -0.05) is 18.5 Å². The van der Waals surface area contributed by atoms with E-state index in [-0.39, 0.29) is 12.0 Å². The number of hydrogen-bond acceptors (Lipinski definition) is 3. The minimum atomic E-state index is -1.31. The van der Waals surface area contributed by atoms with Crippen LogP contribution in [0.3, 0.4) is 0 Å². The highest BCUT2D eigenvalue weighted by Crippen LogP contribution is 2.15. The number of aliphatic carboxylic acids is 1. The Labute approximate surface area is 132 Å². The van der Waals surface area contributed by atoms with E-state index in [0.29, 0.717) is 5.02 Å². The molecule has 1 amide bonds. The van der Waals surface area contributed by atoms with Crippen LogP contribution < -0.4 is 5.32 Å². The number of amides is 1. The lowest BCUT2D eigenvalue weighted by Crippen LogP contribution is -2.51. The summed E-state index contributed by atoms with van der Waals surface area (Å²) >= 11 is 5.82. The molecule has 0 aliphatic carbocycles. The van der Waals surface area contributed by atoms with E-state index < -0.39 is 17.4 Å². The van der Waals surface area contributed by atoms with Crippen LogP contribution in [-0.4, -0.2) is 32.3 Å². The first-order valence-electron chi connectivity index (χ1n) is 6.72. The van der Waals surface area contributed by atoms with Crippen LogP contribution in [0.15, 0.2) is 36.7 Å². The maximum Gasteiger partial charge on any atom is 0.329 e. The van der Waals surface area contributed by atoms with Crippen molar-refractivity contribution in [2.45, 2.75) is 25.8 Å². The molecule has 6 nitrogen and oxygen atoms in total. The molecule has 0 bridgehead atoms. The molecule has 0 fully saturated rings. The number of carbonyl (C=O) groups is 2. The number of carboxylic acid groups (broad SMARTS) is 1. The molecule has 0 saturated carbocycles. The molecule has 0 saturated heterocycles. The standard InChI is InChI=1S/C15H16ClN3O3/c1-3-15(2,14(21)22)18-13(20)10-8-17-19(9-10)12-6-4-11(16)5-7-12/h4-9H,3H2,1-2H3,(H,18,20)(H,21,22). The highest BCUT2D eigenvalue weighted by atomic mass is 35.5. The van der Waals surface area contributed by atoms with Gasteiger partial charge in [0, 0.05) is 11.2 Å². The first kappa shape index (κ1) is 16.0. The van der Waals surface area contributed by atoms with Gasteiger partial charge in [-0.2, -0.15) is 5.10 Å². The Bertz CT molecular complexity index is 696. The van der Waals surface area contributed by atoms with Crippen molar-refractivity contribution in [2.24, 2.45) is 0 Å². The minimum absolute atomic E-state index is 0.277. The average molecular weight is 322 g/mol. The number of benzene rings is 1. The summed E-state index contributed by atoms with van der Waals surface area (Å²) in [7, 11) is 0. The molecule has 1 aromatic carbocycles. The maximum atomic E-state index is 12.2. The van der Waals surface area contributed by atoms with Gasteiger partial charge in [-0.3, -0.25) is 4.79 Å². The van der Waals surface area contributed by atoms with Crippen molar-refractivity contribution in [3.05, 3.63) is 47.2 Å². The second-order valence-electron chi connectivity index (χ2n) is 5.09. The second kappa shape index (κ2) is 6.19. The van der Waals surface area contributed by atoms with Crippen molar-refractivity contribution in [1.82, 2.24) is 15.1 Å². The summed E-state index contributed by atoms with van der Waals surface area (Å²) in [4.78, 5) is 23.4. The first-order valence-corrected chi connectivity index (χ1v) is 7.10. The third-order valence-electron chi connectivity index (χ3n) is 3.50. The Balaban J connectivity index is 2.19. The molecule has 2 rings (SSSR count). The van der Waals surface area contributed by atoms with E-state index in [1.54, 1.807) is 31.2 Å². The van der Waals surface area contributed by atoms with Gasteiger partial charge >= 0.3 is 5.97 Å². The molecule has 22 heavy (non-hydrogen) atoms. The van der Waals surface area contributed by atoms with E-state index in [0.717, 1.165) is 5.69 Å². The zero-order valence-corrected chi connectivity index (χ0v) is 13.0. The zero-order chi connectivity index (χ0) is 16.3. The number of nitrogens with zero attached hydrogens (tertiary/aromatic N) is 2. The van der Waals surface area contributed by atoms with Crippen LogP contribution in [0.1, 0.15) is 30.6 Å². The van der Waals surface area contributed by atoms with Crippen molar-refractivity contribution in [1.29, 1.82) is 0 Å². The van der Waals surface area contributed by atoms with Crippen molar-refractivity contribution in [2.75, 3.05) is 0 Å². The van der Waals surface area contributed by atoms with Crippen molar-refractivity contribution >= 4 is 23.5 Å². The summed E-state index contributed by atoms with van der Waals surface area (Å²) in [5, 5.41) is 16.4. The molecular weight excluding hydrogens is 306 g/mol. The van der Waals surface area contributed by atoms with Crippen molar-refractivity contribution in [3.63, 3.8) is 0 Å². The normalized spacial score (nSPS) is 13.4. The Morgan fingerprint density at radius 3 is 2.55 bits per heavy atom. The molecule has 1 atom stereocenters. The van der Waals surface area contributed by atoms with Crippen molar-refractivity contribution in [3.8, 4) is 5.69 Å². The van der Waals surface area contributed by atoms with Crippen LogP contribution in [-0.2, 0) is 4.79 Å². The second-order valence-corrected chi connectivity index (χ2v) is 5.53. The van der Waals surface area contributed by atoms with Gasteiger partial charge in [0.25, 0.3) is 5.91 Å². The van der Waals surface area contributed by atoms with Crippen LogP contribution >= 0.6 is 11.6 Å². The summed E-state index contributed by atoms with van der Waals surface area (Å²) in [5.74, 6) is -1.56. The minimum Gasteiger partial charge on any atom is -0.480 e.